The first-order chi connectivity index (χ1) is 11.6. The molecular formula is C21H34O4. The molecule has 0 heterocycles. The highest BCUT2D eigenvalue weighted by Crippen LogP contribution is 2.68. The smallest absolute Gasteiger partial charge is 0.161 e. The summed E-state index contributed by atoms with van der Waals surface area (Å²) in [5.74, 6) is 1.30. The van der Waals surface area contributed by atoms with Crippen LogP contribution in [-0.2, 0) is 4.79 Å². The molecule has 0 saturated heterocycles. The van der Waals surface area contributed by atoms with Crippen LogP contribution >= 0.6 is 0 Å². The van der Waals surface area contributed by atoms with Crippen LogP contribution in [0.1, 0.15) is 72.1 Å². The summed E-state index contributed by atoms with van der Waals surface area (Å²) in [5.41, 5.74) is -1.69. The zero-order chi connectivity index (χ0) is 18.2. The van der Waals surface area contributed by atoms with E-state index in [1.54, 1.807) is 0 Å². The van der Waals surface area contributed by atoms with E-state index in [0.717, 1.165) is 38.5 Å². The Hall–Kier alpha value is -0.450. The molecule has 4 fully saturated rings. The van der Waals surface area contributed by atoms with Crippen LogP contribution < -0.4 is 0 Å². The summed E-state index contributed by atoms with van der Waals surface area (Å²) in [6, 6.07) is 0. The normalized spacial score (nSPS) is 58.2. The van der Waals surface area contributed by atoms with Gasteiger partial charge in [-0.1, -0.05) is 13.8 Å². The molecule has 142 valence electrons. The molecule has 7 unspecified atom stereocenters. The van der Waals surface area contributed by atoms with Crippen LogP contribution in [-0.4, -0.2) is 38.9 Å². The van der Waals surface area contributed by atoms with Crippen molar-refractivity contribution < 1.29 is 20.1 Å². The Bertz CT molecular complexity index is 576. The second-order valence-corrected chi connectivity index (χ2v) is 10.1. The fourth-order valence-electron chi connectivity index (χ4n) is 7.94. The van der Waals surface area contributed by atoms with Crippen molar-refractivity contribution in [3.63, 3.8) is 0 Å². The van der Waals surface area contributed by atoms with Crippen molar-refractivity contribution in [1.82, 2.24) is 0 Å². The van der Waals surface area contributed by atoms with Crippen LogP contribution in [0.3, 0.4) is 0 Å². The Morgan fingerprint density at radius 1 is 1.04 bits per heavy atom. The predicted molar refractivity (Wildman–Crippen MR) is 94.8 cm³/mol. The fraction of sp³-hybridized carbons (Fsp3) is 0.952. The minimum atomic E-state index is -1.27. The average Bonchev–Trinajstić information content (AvgIpc) is 2.80. The Kier molecular flexibility index (Phi) is 3.97. The number of fused-ring (bicyclic) bond motifs is 5. The molecule has 4 rings (SSSR count). The zero-order valence-corrected chi connectivity index (χ0v) is 15.9. The first kappa shape index (κ1) is 17.9. The van der Waals surface area contributed by atoms with Gasteiger partial charge in [-0.05, 0) is 87.4 Å². The fourth-order valence-corrected chi connectivity index (χ4v) is 7.94. The van der Waals surface area contributed by atoms with Crippen LogP contribution in [0.2, 0.25) is 0 Å². The van der Waals surface area contributed by atoms with Gasteiger partial charge in [-0.3, -0.25) is 4.79 Å². The van der Waals surface area contributed by atoms with Gasteiger partial charge in [0.1, 0.15) is 5.60 Å². The Labute approximate surface area is 151 Å². The van der Waals surface area contributed by atoms with Gasteiger partial charge in [-0.25, -0.2) is 0 Å². The summed E-state index contributed by atoms with van der Waals surface area (Å²) in [6.45, 7) is 5.88. The highest BCUT2D eigenvalue weighted by atomic mass is 16.3. The highest BCUT2D eigenvalue weighted by Gasteiger charge is 2.68. The van der Waals surface area contributed by atoms with Crippen molar-refractivity contribution in [1.29, 1.82) is 0 Å². The van der Waals surface area contributed by atoms with Gasteiger partial charge in [0, 0.05) is 5.41 Å². The molecule has 3 N–H and O–H groups in total. The number of carbonyl (C=O) groups excluding carboxylic acids is 1. The monoisotopic (exact) mass is 350 g/mol. The van der Waals surface area contributed by atoms with Crippen molar-refractivity contribution in [2.45, 2.75) is 89.9 Å². The molecule has 4 aliphatic carbocycles. The lowest BCUT2D eigenvalue weighted by atomic mass is 9.43. The topological polar surface area (TPSA) is 77.8 Å². The summed E-state index contributed by atoms with van der Waals surface area (Å²) < 4.78 is 0. The van der Waals surface area contributed by atoms with E-state index < -0.39 is 17.1 Å². The lowest BCUT2D eigenvalue weighted by molar-refractivity contribution is -0.201. The summed E-state index contributed by atoms with van der Waals surface area (Å²) in [4.78, 5) is 12.3. The molecule has 0 amide bonds. The molecular weight excluding hydrogens is 316 g/mol. The SMILES string of the molecule is CC(=O)[C@@]1(O)CCC2C3CCC4C[C@H](O)CCC4(C)C3C(O)CC21C. The number of hydrogen-bond acceptors (Lipinski definition) is 4. The van der Waals surface area contributed by atoms with E-state index in [-0.39, 0.29) is 23.2 Å². The third-order valence-corrected chi connectivity index (χ3v) is 9.30. The number of hydrogen-bond donors (Lipinski definition) is 3. The van der Waals surface area contributed by atoms with Gasteiger partial charge in [-0.15, -0.1) is 0 Å². The maximum absolute atomic E-state index is 12.3. The average molecular weight is 350 g/mol. The summed E-state index contributed by atoms with van der Waals surface area (Å²) in [5, 5.41) is 32.5. The Balaban J connectivity index is 1.70. The molecule has 25 heavy (non-hydrogen) atoms. The van der Waals surface area contributed by atoms with E-state index in [9.17, 15) is 20.1 Å². The molecule has 0 aromatic carbocycles. The van der Waals surface area contributed by atoms with Gasteiger partial charge in [-0.2, -0.15) is 0 Å². The molecule has 0 aromatic heterocycles. The minimum Gasteiger partial charge on any atom is -0.393 e. The molecule has 0 spiro atoms. The van der Waals surface area contributed by atoms with E-state index in [4.69, 9.17) is 0 Å². The molecule has 4 aliphatic rings. The number of aliphatic hydroxyl groups excluding tert-OH is 2. The number of aliphatic hydroxyl groups is 3. The van der Waals surface area contributed by atoms with E-state index in [1.165, 1.54) is 6.92 Å². The summed E-state index contributed by atoms with van der Waals surface area (Å²) in [6.07, 6.45) is 6.16. The molecule has 0 aromatic rings. The van der Waals surface area contributed by atoms with E-state index >= 15 is 0 Å². The lowest BCUT2D eigenvalue weighted by Crippen LogP contribution is -2.62. The van der Waals surface area contributed by atoms with Gasteiger partial charge in [0.05, 0.1) is 12.2 Å². The number of Topliss-reactive ketones (excluding diaryl/α,β-unsaturated/α-hetero) is 1. The number of carbonyl (C=O) groups is 1. The number of rotatable bonds is 1. The van der Waals surface area contributed by atoms with Crippen molar-refractivity contribution in [2.75, 3.05) is 0 Å². The molecule has 4 heteroatoms. The van der Waals surface area contributed by atoms with Crippen LogP contribution in [0, 0.1) is 34.5 Å². The quantitative estimate of drug-likeness (QED) is 0.679. The summed E-state index contributed by atoms with van der Waals surface area (Å²) in [7, 11) is 0. The molecule has 4 saturated carbocycles. The van der Waals surface area contributed by atoms with Crippen molar-refractivity contribution in [3.8, 4) is 0 Å². The van der Waals surface area contributed by atoms with Gasteiger partial charge in [0.2, 0.25) is 0 Å². The van der Waals surface area contributed by atoms with Crippen LogP contribution in [0.4, 0.5) is 0 Å². The minimum absolute atomic E-state index is 0.0832. The van der Waals surface area contributed by atoms with E-state index in [2.05, 4.69) is 6.92 Å². The molecule has 0 radical (unpaired) electrons. The maximum Gasteiger partial charge on any atom is 0.161 e. The highest BCUT2D eigenvalue weighted by molar-refractivity contribution is 5.86. The van der Waals surface area contributed by atoms with Crippen LogP contribution in [0.15, 0.2) is 0 Å². The third-order valence-electron chi connectivity index (χ3n) is 9.30. The molecule has 0 aliphatic heterocycles. The van der Waals surface area contributed by atoms with E-state index in [1.807, 2.05) is 6.92 Å². The second-order valence-electron chi connectivity index (χ2n) is 10.1. The van der Waals surface area contributed by atoms with Gasteiger partial charge >= 0.3 is 0 Å². The van der Waals surface area contributed by atoms with Crippen molar-refractivity contribution >= 4 is 5.78 Å². The zero-order valence-electron chi connectivity index (χ0n) is 15.9. The Morgan fingerprint density at radius 3 is 2.44 bits per heavy atom. The number of ketones is 1. The largest absolute Gasteiger partial charge is 0.393 e. The van der Waals surface area contributed by atoms with E-state index in [0.29, 0.717) is 30.6 Å². The standard InChI is InChI=1S/C21H34O4/c1-12(22)21(25)9-7-16-15-5-4-13-10-14(23)6-8-19(13,2)18(15)17(24)11-20(16,21)3/h13-18,23-25H,4-11H2,1-3H3/t13?,14-,15?,16?,17?,18?,19?,20?,21+/m1/s1. The molecule has 4 nitrogen and oxygen atoms in total. The van der Waals surface area contributed by atoms with Crippen molar-refractivity contribution in [3.05, 3.63) is 0 Å². The molecule has 9 atom stereocenters. The first-order valence-corrected chi connectivity index (χ1v) is 10.2. The first-order valence-electron chi connectivity index (χ1n) is 10.2. The second kappa shape index (κ2) is 5.53. The van der Waals surface area contributed by atoms with Crippen LogP contribution in [0.5, 0.6) is 0 Å². The molecule has 0 bridgehead atoms. The Morgan fingerprint density at radius 2 is 1.76 bits per heavy atom. The lowest BCUT2D eigenvalue weighted by Gasteiger charge is -2.62. The van der Waals surface area contributed by atoms with Crippen molar-refractivity contribution in [2.24, 2.45) is 34.5 Å². The van der Waals surface area contributed by atoms with Gasteiger partial charge in [0.25, 0.3) is 0 Å². The summed E-state index contributed by atoms with van der Waals surface area (Å²) >= 11 is 0. The van der Waals surface area contributed by atoms with Crippen LogP contribution in [0.25, 0.3) is 0 Å². The predicted octanol–water partition coefficient (Wildman–Crippen LogP) is 2.68. The third kappa shape index (κ3) is 2.20. The van der Waals surface area contributed by atoms with Gasteiger partial charge in [0.15, 0.2) is 5.78 Å². The maximum atomic E-state index is 12.3. The van der Waals surface area contributed by atoms with Gasteiger partial charge < -0.3 is 15.3 Å².